The second-order valence-corrected chi connectivity index (χ2v) is 5.31. The third-order valence-electron chi connectivity index (χ3n) is 4.07. The number of nitrogens with zero attached hydrogens (tertiary/aromatic N) is 2. The van der Waals surface area contributed by atoms with E-state index in [4.69, 9.17) is 0 Å². The van der Waals surface area contributed by atoms with E-state index in [9.17, 15) is 4.79 Å². The van der Waals surface area contributed by atoms with Crippen LogP contribution in [-0.2, 0) is 4.79 Å². The lowest BCUT2D eigenvalue weighted by atomic mass is 9.95. The fraction of sp³-hybridized carbons (Fsp3) is 0.917. The van der Waals surface area contributed by atoms with Gasteiger partial charge in [-0.2, -0.15) is 0 Å². The summed E-state index contributed by atoms with van der Waals surface area (Å²) in [4.78, 5) is 16.2. The normalized spacial score (nSPS) is 32.1. The predicted octanol–water partition coefficient (Wildman–Crippen LogP) is 1.48. The predicted molar refractivity (Wildman–Crippen MR) is 60.7 cm³/mol. The Morgan fingerprint density at radius 1 is 1.27 bits per heavy atom. The summed E-state index contributed by atoms with van der Waals surface area (Å²) < 4.78 is 0. The van der Waals surface area contributed by atoms with E-state index in [2.05, 4.69) is 23.6 Å². The van der Waals surface area contributed by atoms with Crippen LogP contribution < -0.4 is 0 Å². The van der Waals surface area contributed by atoms with Crippen molar-refractivity contribution in [2.24, 2.45) is 0 Å². The second-order valence-electron chi connectivity index (χ2n) is 5.31. The lowest BCUT2D eigenvalue weighted by molar-refractivity contribution is -0.132. The van der Waals surface area contributed by atoms with E-state index in [-0.39, 0.29) is 11.4 Å². The van der Waals surface area contributed by atoms with Crippen LogP contribution in [0.15, 0.2) is 0 Å². The van der Waals surface area contributed by atoms with Crippen LogP contribution in [-0.4, -0.2) is 46.9 Å². The summed E-state index contributed by atoms with van der Waals surface area (Å²) in [7, 11) is 0. The lowest BCUT2D eigenvalue weighted by Gasteiger charge is -2.35. The monoisotopic (exact) mass is 210 g/mol. The van der Waals surface area contributed by atoms with Crippen LogP contribution in [0.5, 0.6) is 0 Å². The van der Waals surface area contributed by atoms with E-state index in [0.717, 1.165) is 19.6 Å². The molecule has 3 heteroatoms. The van der Waals surface area contributed by atoms with Crippen LogP contribution in [0.25, 0.3) is 0 Å². The highest BCUT2D eigenvalue weighted by atomic mass is 16.2. The van der Waals surface area contributed by atoms with Gasteiger partial charge in [0.15, 0.2) is 0 Å². The molecule has 2 aliphatic rings. The minimum absolute atomic E-state index is 0.191. The maximum atomic E-state index is 11.6. The van der Waals surface area contributed by atoms with Crippen molar-refractivity contribution >= 4 is 5.91 Å². The molecule has 1 spiro atoms. The third kappa shape index (κ3) is 1.78. The van der Waals surface area contributed by atoms with Gasteiger partial charge < -0.3 is 4.90 Å². The Labute approximate surface area is 92.4 Å². The van der Waals surface area contributed by atoms with Crippen molar-refractivity contribution in [1.29, 1.82) is 0 Å². The summed E-state index contributed by atoms with van der Waals surface area (Å²) in [5.41, 5.74) is 0.191. The summed E-state index contributed by atoms with van der Waals surface area (Å²) in [6.07, 6.45) is 3.56. The van der Waals surface area contributed by atoms with E-state index in [1.54, 1.807) is 6.92 Å². The fourth-order valence-corrected chi connectivity index (χ4v) is 3.18. The van der Waals surface area contributed by atoms with E-state index in [1.807, 2.05) is 0 Å². The van der Waals surface area contributed by atoms with Crippen LogP contribution in [0.1, 0.15) is 40.0 Å². The number of likely N-dealkylation sites (tertiary alicyclic amines) is 2. The van der Waals surface area contributed by atoms with Gasteiger partial charge in [0.1, 0.15) is 0 Å². The Morgan fingerprint density at radius 3 is 2.53 bits per heavy atom. The van der Waals surface area contributed by atoms with Gasteiger partial charge in [-0.15, -0.1) is 0 Å². The molecule has 2 heterocycles. The largest absolute Gasteiger partial charge is 0.336 e. The van der Waals surface area contributed by atoms with E-state index in [0.29, 0.717) is 6.04 Å². The highest BCUT2D eigenvalue weighted by Gasteiger charge is 2.47. The summed E-state index contributed by atoms with van der Waals surface area (Å²) in [6, 6.07) is 0.610. The zero-order valence-corrected chi connectivity index (χ0v) is 10.1. The van der Waals surface area contributed by atoms with Gasteiger partial charge in [0, 0.05) is 32.6 Å². The van der Waals surface area contributed by atoms with Gasteiger partial charge >= 0.3 is 0 Å². The zero-order chi connectivity index (χ0) is 11.1. The van der Waals surface area contributed by atoms with E-state index in [1.165, 1.54) is 19.3 Å². The molecule has 2 fully saturated rings. The van der Waals surface area contributed by atoms with Crippen LogP contribution in [0.3, 0.4) is 0 Å². The van der Waals surface area contributed by atoms with Crippen LogP contribution in [0.2, 0.25) is 0 Å². The van der Waals surface area contributed by atoms with Gasteiger partial charge in [0.05, 0.1) is 5.54 Å². The van der Waals surface area contributed by atoms with Crippen LogP contribution in [0.4, 0.5) is 0 Å². The molecule has 1 atom stereocenters. The first-order chi connectivity index (χ1) is 7.05. The first kappa shape index (κ1) is 10.9. The molecule has 0 aliphatic carbocycles. The lowest BCUT2D eigenvalue weighted by Crippen LogP contribution is -2.48. The van der Waals surface area contributed by atoms with Gasteiger partial charge in [-0.05, 0) is 33.1 Å². The third-order valence-corrected chi connectivity index (χ3v) is 4.07. The molecular weight excluding hydrogens is 188 g/mol. The fourth-order valence-electron chi connectivity index (χ4n) is 3.18. The number of carbonyl (C=O) groups is 1. The molecule has 0 bridgehead atoms. The summed E-state index contributed by atoms with van der Waals surface area (Å²) in [6.45, 7) is 9.41. The van der Waals surface area contributed by atoms with E-state index >= 15 is 0 Å². The van der Waals surface area contributed by atoms with Crippen molar-refractivity contribution in [2.75, 3.05) is 19.6 Å². The van der Waals surface area contributed by atoms with Crippen molar-refractivity contribution < 1.29 is 4.79 Å². The molecule has 2 saturated heterocycles. The van der Waals surface area contributed by atoms with Gasteiger partial charge in [-0.1, -0.05) is 0 Å². The molecule has 86 valence electrons. The number of carbonyl (C=O) groups excluding carboxylic acids is 1. The molecule has 0 saturated carbocycles. The molecule has 15 heavy (non-hydrogen) atoms. The maximum Gasteiger partial charge on any atom is 0.219 e. The number of rotatable bonds is 1. The smallest absolute Gasteiger partial charge is 0.219 e. The number of hydrogen-bond donors (Lipinski definition) is 0. The minimum atomic E-state index is 0.191. The molecule has 0 aromatic carbocycles. The standard InChI is InChI=1S/C12H22N2O/c1-10(2)13-8-6-12(9-13)5-4-7-14(12)11(3)15/h10H,4-9H2,1-3H3. The van der Waals surface area contributed by atoms with Crippen molar-refractivity contribution in [1.82, 2.24) is 9.80 Å². The molecule has 1 unspecified atom stereocenters. The second kappa shape index (κ2) is 3.78. The van der Waals surface area contributed by atoms with Crippen molar-refractivity contribution in [3.63, 3.8) is 0 Å². The maximum absolute atomic E-state index is 11.6. The summed E-state index contributed by atoms with van der Waals surface area (Å²) in [5, 5.41) is 0. The average Bonchev–Trinajstić information content (AvgIpc) is 2.74. The Hall–Kier alpha value is -0.570. The Balaban J connectivity index is 2.11. The quantitative estimate of drug-likeness (QED) is 0.654. The van der Waals surface area contributed by atoms with Crippen LogP contribution in [0, 0.1) is 0 Å². The van der Waals surface area contributed by atoms with Crippen molar-refractivity contribution in [3.8, 4) is 0 Å². The molecule has 0 aromatic rings. The Kier molecular flexibility index (Phi) is 2.75. The van der Waals surface area contributed by atoms with Crippen molar-refractivity contribution in [2.45, 2.75) is 51.6 Å². The first-order valence-electron chi connectivity index (χ1n) is 6.07. The minimum Gasteiger partial charge on any atom is -0.336 e. The molecule has 0 N–H and O–H groups in total. The zero-order valence-electron chi connectivity index (χ0n) is 10.1. The van der Waals surface area contributed by atoms with Gasteiger partial charge in [0.2, 0.25) is 5.91 Å². The molecule has 1 amide bonds. The van der Waals surface area contributed by atoms with E-state index < -0.39 is 0 Å². The van der Waals surface area contributed by atoms with Crippen molar-refractivity contribution in [3.05, 3.63) is 0 Å². The average molecular weight is 210 g/mol. The molecule has 2 aliphatic heterocycles. The molecule has 2 rings (SSSR count). The highest BCUT2D eigenvalue weighted by Crippen LogP contribution is 2.38. The van der Waals surface area contributed by atoms with Gasteiger partial charge in [-0.3, -0.25) is 9.69 Å². The number of hydrogen-bond acceptors (Lipinski definition) is 2. The van der Waals surface area contributed by atoms with Gasteiger partial charge in [-0.25, -0.2) is 0 Å². The van der Waals surface area contributed by atoms with Crippen LogP contribution >= 0.6 is 0 Å². The SMILES string of the molecule is CC(=O)N1CCCC12CCN(C(C)C)C2. The topological polar surface area (TPSA) is 23.6 Å². The molecule has 3 nitrogen and oxygen atoms in total. The summed E-state index contributed by atoms with van der Waals surface area (Å²) in [5.74, 6) is 0.262. The molecule has 0 aromatic heterocycles. The first-order valence-corrected chi connectivity index (χ1v) is 6.07. The number of amides is 1. The summed E-state index contributed by atoms with van der Waals surface area (Å²) >= 11 is 0. The molecular formula is C12H22N2O. The highest BCUT2D eigenvalue weighted by molar-refractivity contribution is 5.74. The van der Waals surface area contributed by atoms with Gasteiger partial charge in [0.25, 0.3) is 0 Å². The molecule has 0 radical (unpaired) electrons. The Morgan fingerprint density at radius 2 is 2.00 bits per heavy atom. The Bertz CT molecular complexity index is 264.